The van der Waals surface area contributed by atoms with Crippen LogP contribution in [0.15, 0.2) is 107 Å². The molecule has 0 radical (unpaired) electrons. The molecule has 4 rings (SSSR count). The summed E-state index contributed by atoms with van der Waals surface area (Å²) in [5.74, 6) is 1.16. The van der Waals surface area contributed by atoms with Crippen LogP contribution in [-0.2, 0) is 26.1 Å². The molecule has 0 N–H and O–H groups in total. The first kappa shape index (κ1) is 31.1. The van der Waals surface area contributed by atoms with E-state index in [2.05, 4.69) is 51.5 Å². The zero-order valence-corrected chi connectivity index (χ0v) is 27.4. The van der Waals surface area contributed by atoms with Crippen LogP contribution in [0.3, 0.4) is 0 Å². The molecule has 7 heteroatoms. The summed E-state index contributed by atoms with van der Waals surface area (Å²) in [5.41, 5.74) is 4.66. The molecule has 0 bridgehead atoms. The molecule has 0 atom stereocenters. The van der Waals surface area contributed by atoms with Gasteiger partial charge >= 0.3 is 257 Å². The van der Waals surface area contributed by atoms with Crippen LogP contribution in [0.4, 0.5) is 11.4 Å². The Morgan fingerprint density at radius 3 is 1.24 bits per heavy atom. The molecule has 0 saturated carbocycles. The van der Waals surface area contributed by atoms with Gasteiger partial charge in [-0.3, -0.25) is 0 Å². The summed E-state index contributed by atoms with van der Waals surface area (Å²) in [6.45, 7) is 12.7. The molecule has 212 valence electrons. The van der Waals surface area contributed by atoms with Crippen molar-refractivity contribution in [1.82, 2.24) is 0 Å². The van der Waals surface area contributed by atoms with E-state index in [0.29, 0.717) is 11.5 Å². The van der Waals surface area contributed by atoms with Crippen LogP contribution < -0.4 is 6.64 Å². The molecule has 0 amide bonds. The second kappa shape index (κ2) is 13.0. The molecule has 0 aliphatic heterocycles. The summed E-state index contributed by atoms with van der Waals surface area (Å²) in [5, 5.41) is 0. The van der Waals surface area contributed by atoms with Crippen molar-refractivity contribution in [2.75, 3.05) is 0 Å². The number of hydrogen-bond acceptors (Lipinski definition) is 4. The van der Waals surface area contributed by atoms with Gasteiger partial charge in [-0.2, -0.15) is 0 Å². The minimum atomic E-state index is -4.49. The van der Waals surface area contributed by atoms with Crippen molar-refractivity contribution in [2.45, 2.75) is 52.4 Å². The average molecular weight is 623 g/mol. The van der Waals surface area contributed by atoms with Crippen LogP contribution in [0.2, 0.25) is 0 Å². The quantitative estimate of drug-likeness (QED) is 0.145. The zero-order valence-electron chi connectivity index (χ0n) is 24.4. The molecular formula is C34H36Cl2N2O2Ti. The van der Waals surface area contributed by atoms with E-state index < -0.39 is 15.2 Å². The second-order valence-corrected chi connectivity index (χ2v) is 18.8. The summed E-state index contributed by atoms with van der Waals surface area (Å²) < 4.78 is 13.1. The summed E-state index contributed by atoms with van der Waals surface area (Å²) in [6.07, 6.45) is 3.57. The van der Waals surface area contributed by atoms with Crippen molar-refractivity contribution in [3.63, 3.8) is 0 Å². The Kier molecular flexibility index (Phi) is 9.82. The summed E-state index contributed by atoms with van der Waals surface area (Å²) in [4.78, 5) is 9.32. The van der Waals surface area contributed by atoms with Gasteiger partial charge in [0.25, 0.3) is 0 Å². The van der Waals surface area contributed by atoms with Crippen molar-refractivity contribution < 1.29 is 21.9 Å². The van der Waals surface area contributed by atoms with Gasteiger partial charge < -0.3 is 0 Å². The summed E-state index contributed by atoms with van der Waals surface area (Å²) >= 11 is -4.49. The molecule has 0 saturated heterocycles. The Morgan fingerprint density at radius 2 is 0.902 bits per heavy atom. The number of nitrogens with zero attached hydrogens (tertiary/aromatic N) is 2. The van der Waals surface area contributed by atoms with Crippen LogP contribution in [0.25, 0.3) is 0 Å². The Bertz CT molecular complexity index is 1410. The normalized spacial score (nSPS) is 12.7. The molecule has 0 aliphatic carbocycles. The third-order valence-corrected chi connectivity index (χ3v) is 9.02. The van der Waals surface area contributed by atoms with Gasteiger partial charge in [0.05, 0.1) is 0 Å². The third kappa shape index (κ3) is 8.56. The van der Waals surface area contributed by atoms with Crippen molar-refractivity contribution in [1.29, 1.82) is 0 Å². The van der Waals surface area contributed by atoms with Crippen molar-refractivity contribution >= 4 is 42.4 Å². The van der Waals surface area contributed by atoms with Crippen molar-refractivity contribution in [3.05, 3.63) is 119 Å². The molecule has 0 aliphatic rings. The molecule has 0 heterocycles. The monoisotopic (exact) mass is 622 g/mol. The maximum absolute atomic E-state index is 7.05. The minimum absolute atomic E-state index is 0.241. The molecule has 4 aromatic carbocycles. The molecule has 41 heavy (non-hydrogen) atoms. The van der Waals surface area contributed by atoms with Gasteiger partial charge in [0, 0.05) is 0 Å². The van der Waals surface area contributed by atoms with E-state index in [4.69, 9.17) is 25.2 Å². The van der Waals surface area contributed by atoms with E-state index in [1.807, 2.05) is 97.1 Å². The molecule has 0 spiro atoms. The van der Waals surface area contributed by atoms with E-state index >= 15 is 0 Å². The fourth-order valence-electron chi connectivity index (χ4n) is 4.30. The molecule has 4 nitrogen and oxygen atoms in total. The number of aliphatic imine (C=N–C) groups is 2. The SMILES string of the molecule is CC(C)(C)c1cccc(C=Nc2ccccc2)c1[O][Ti]([Cl])([Cl])[O]c1c(C=Nc2ccccc2)cccc1C(C)(C)C. The van der Waals surface area contributed by atoms with Gasteiger partial charge in [0.2, 0.25) is 0 Å². The first-order valence-corrected chi connectivity index (χ1v) is 19.1. The van der Waals surface area contributed by atoms with Gasteiger partial charge in [0.1, 0.15) is 0 Å². The van der Waals surface area contributed by atoms with E-state index in [9.17, 15) is 0 Å². The van der Waals surface area contributed by atoms with Gasteiger partial charge in [-0.1, -0.05) is 0 Å². The average Bonchev–Trinajstić information content (AvgIpc) is 2.91. The van der Waals surface area contributed by atoms with Gasteiger partial charge in [-0.05, 0) is 0 Å². The Morgan fingerprint density at radius 1 is 0.537 bits per heavy atom. The number of halogens is 2. The second-order valence-electron chi connectivity index (χ2n) is 11.8. The van der Waals surface area contributed by atoms with Crippen LogP contribution >= 0.6 is 18.6 Å². The topological polar surface area (TPSA) is 43.2 Å². The predicted octanol–water partition coefficient (Wildman–Crippen LogP) is 10.5. The van der Waals surface area contributed by atoms with E-state index in [1.54, 1.807) is 12.4 Å². The number of para-hydroxylation sites is 4. The maximum atomic E-state index is 7.05. The van der Waals surface area contributed by atoms with E-state index in [1.165, 1.54) is 0 Å². The summed E-state index contributed by atoms with van der Waals surface area (Å²) in [6, 6.07) is 31.4. The van der Waals surface area contributed by atoms with Crippen molar-refractivity contribution in [3.8, 4) is 11.5 Å². The predicted molar refractivity (Wildman–Crippen MR) is 171 cm³/mol. The first-order valence-electron chi connectivity index (χ1n) is 13.5. The molecule has 4 aromatic rings. The standard InChI is InChI=1S/2C17H19NO.2ClH.Ti/c2*1-17(2,3)15-11-7-8-13(16(15)19)12-18-14-9-5-4-6-10-14;;;/h2*4-12,19H,1-3H3;2*1H;/q;;;;+4/p-4. The van der Waals surface area contributed by atoms with Gasteiger partial charge in [0.15, 0.2) is 0 Å². The first-order chi connectivity index (χ1) is 19.3. The van der Waals surface area contributed by atoms with E-state index in [-0.39, 0.29) is 10.8 Å². The summed E-state index contributed by atoms with van der Waals surface area (Å²) in [7, 11) is 14.1. The zero-order chi connectivity index (χ0) is 29.7. The molecule has 0 unspecified atom stereocenters. The Balaban J connectivity index is 1.75. The van der Waals surface area contributed by atoms with Crippen LogP contribution in [-0.4, -0.2) is 12.4 Å². The molecule has 0 fully saturated rings. The third-order valence-electron chi connectivity index (χ3n) is 6.37. The van der Waals surface area contributed by atoms with Gasteiger partial charge in [-0.25, -0.2) is 0 Å². The van der Waals surface area contributed by atoms with Crippen LogP contribution in [0.5, 0.6) is 11.5 Å². The number of rotatable bonds is 8. The molecule has 0 aromatic heterocycles. The molecular weight excluding hydrogens is 587 g/mol. The fourth-order valence-corrected chi connectivity index (χ4v) is 7.09. The van der Waals surface area contributed by atoms with Crippen LogP contribution in [0, 0.1) is 0 Å². The van der Waals surface area contributed by atoms with E-state index in [0.717, 1.165) is 33.6 Å². The number of hydrogen-bond donors (Lipinski definition) is 0. The fraction of sp³-hybridized carbons (Fsp3) is 0.235. The number of benzene rings is 4. The van der Waals surface area contributed by atoms with Crippen LogP contribution in [0.1, 0.15) is 63.8 Å². The van der Waals surface area contributed by atoms with Gasteiger partial charge in [-0.15, -0.1) is 0 Å². The van der Waals surface area contributed by atoms with Crippen molar-refractivity contribution in [2.24, 2.45) is 9.98 Å². The Hall–Kier alpha value is -2.89. The Labute approximate surface area is 256 Å².